The van der Waals surface area contributed by atoms with Gasteiger partial charge in [-0.25, -0.2) is 4.98 Å². The summed E-state index contributed by atoms with van der Waals surface area (Å²) in [4.78, 5) is 8.54. The van der Waals surface area contributed by atoms with Crippen molar-refractivity contribution >= 4 is 5.96 Å². The molecule has 1 heterocycles. The van der Waals surface area contributed by atoms with Crippen molar-refractivity contribution in [3.8, 4) is 17.1 Å². The molecule has 0 saturated heterocycles. The first-order valence-electron chi connectivity index (χ1n) is 6.88. The number of nitrogens with zero attached hydrogens (tertiary/aromatic N) is 3. The second-order valence-electron chi connectivity index (χ2n) is 4.43. The molecule has 22 heavy (non-hydrogen) atoms. The Morgan fingerprint density at radius 1 is 1.36 bits per heavy atom. The summed E-state index contributed by atoms with van der Waals surface area (Å²) in [6, 6.07) is 7.60. The molecule has 0 aliphatic heterocycles. The minimum Gasteiger partial charge on any atom is -0.497 e. The van der Waals surface area contributed by atoms with Gasteiger partial charge in [-0.2, -0.15) is 5.10 Å². The van der Waals surface area contributed by atoms with E-state index in [2.05, 4.69) is 37.4 Å². The zero-order valence-corrected chi connectivity index (χ0v) is 12.8. The fourth-order valence-corrected chi connectivity index (χ4v) is 1.80. The summed E-state index contributed by atoms with van der Waals surface area (Å²) in [6.07, 6.45) is 1.77. The fourth-order valence-electron chi connectivity index (χ4n) is 1.80. The lowest BCUT2D eigenvalue weighted by Gasteiger charge is -2.08. The summed E-state index contributed by atoms with van der Waals surface area (Å²) in [5.74, 6) is 2.86. The lowest BCUT2D eigenvalue weighted by Crippen LogP contribution is -2.37. The predicted octanol–water partition coefficient (Wildman–Crippen LogP) is 1.33. The number of rotatable bonds is 6. The third-order valence-corrected chi connectivity index (χ3v) is 2.94. The lowest BCUT2D eigenvalue weighted by atomic mass is 10.2. The summed E-state index contributed by atoms with van der Waals surface area (Å²) >= 11 is 0. The molecule has 0 saturated carbocycles. The van der Waals surface area contributed by atoms with Crippen LogP contribution in [0.1, 0.15) is 5.82 Å². The topological polar surface area (TPSA) is 87.2 Å². The van der Waals surface area contributed by atoms with E-state index in [0.717, 1.165) is 17.1 Å². The molecule has 0 fully saturated rings. The molecule has 2 rings (SSSR count). The number of aromatic amines is 1. The number of nitrogens with one attached hydrogen (secondary N) is 3. The Morgan fingerprint density at radius 2 is 2.14 bits per heavy atom. The summed E-state index contributed by atoms with van der Waals surface area (Å²) in [7, 11) is 3.35. The van der Waals surface area contributed by atoms with Crippen molar-refractivity contribution in [3.05, 3.63) is 42.7 Å². The van der Waals surface area contributed by atoms with Gasteiger partial charge < -0.3 is 15.4 Å². The van der Waals surface area contributed by atoms with Gasteiger partial charge in [0.15, 0.2) is 11.8 Å². The quantitative estimate of drug-likeness (QED) is 0.425. The monoisotopic (exact) mass is 300 g/mol. The average molecular weight is 300 g/mol. The van der Waals surface area contributed by atoms with E-state index in [1.807, 2.05) is 24.3 Å². The van der Waals surface area contributed by atoms with Crippen molar-refractivity contribution in [3.63, 3.8) is 0 Å². The Bertz CT molecular complexity index is 632. The van der Waals surface area contributed by atoms with E-state index >= 15 is 0 Å². The van der Waals surface area contributed by atoms with Crippen LogP contribution in [0.3, 0.4) is 0 Å². The molecular formula is C15H20N6O. The van der Waals surface area contributed by atoms with Gasteiger partial charge in [0.2, 0.25) is 0 Å². The van der Waals surface area contributed by atoms with Crippen LogP contribution in [0.4, 0.5) is 0 Å². The second kappa shape index (κ2) is 7.82. The third-order valence-electron chi connectivity index (χ3n) is 2.94. The summed E-state index contributed by atoms with van der Waals surface area (Å²) in [5, 5.41) is 13.4. The highest BCUT2D eigenvalue weighted by Crippen LogP contribution is 2.18. The molecule has 1 aromatic heterocycles. The highest BCUT2D eigenvalue weighted by atomic mass is 16.5. The number of hydrogen-bond donors (Lipinski definition) is 3. The molecule has 2 aromatic rings. The van der Waals surface area contributed by atoms with Gasteiger partial charge in [-0.3, -0.25) is 10.1 Å². The van der Waals surface area contributed by atoms with Crippen LogP contribution in [0, 0.1) is 0 Å². The molecule has 0 amide bonds. The zero-order valence-electron chi connectivity index (χ0n) is 12.8. The molecule has 7 nitrogen and oxygen atoms in total. The van der Waals surface area contributed by atoms with E-state index in [0.29, 0.717) is 24.9 Å². The number of ether oxygens (including phenoxy) is 1. The predicted molar refractivity (Wildman–Crippen MR) is 86.8 cm³/mol. The van der Waals surface area contributed by atoms with Crippen molar-refractivity contribution in [2.75, 3.05) is 20.7 Å². The van der Waals surface area contributed by atoms with E-state index in [-0.39, 0.29) is 0 Å². The van der Waals surface area contributed by atoms with Crippen molar-refractivity contribution in [2.24, 2.45) is 4.99 Å². The van der Waals surface area contributed by atoms with E-state index in [1.54, 1.807) is 20.2 Å². The summed E-state index contributed by atoms with van der Waals surface area (Å²) < 4.78 is 5.13. The van der Waals surface area contributed by atoms with E-state index in [9.17, 15) is 0 Å². The number of H-pyrrole nitrogens is 1. The van der Waals surface area contributed by atoms with Crippen LogP contribution >= 0.6 is 0 Å². The molecule has 0 bridgehead atoms. The zero-order chi connectivity index (χ0) is 15.8. The van der Waals surface area contributed by atoms with Gasteiger partial charge in [-0.15, -0.1) is 6.58 Å². The van der Waals surface area contributed by atoms with Gasteiger partial charge in [0.05, 0.1) is 13.7 Å². The lowest BCUT2D eigenvalue weighted by molar-refractivity contribution is 0.415. The number of benzene rings is 1. The van der Waals surface area contributed by atoms with Crippen LogP contribution in [0.2, 0.25) is 0 Å². The van der Waals surface area contributed by atoms with Gasteiger partial charge in [0.1, 0.15) is 11.6 Å². The molecule has 7 heteroatoms. The Morgan fingerprint density at radius 3 is 2.77 bits per heavy atom. The Balaban J connectivity index is 1.97. The largest absolute Gasteiger partial charge is 0.497 e. The smallest absolute Gasteiger partial charge is 0.191 e. The minimum absolute atomic E-state index is 0.500. The van der Waals surface area contributed by atoms with Gasteiger partial charge in [0, 0.05) is 19.2 Å². The van der Waals surface area contributed by atoms with E-state index in [4.69, 9.17) is 4.74 Å². The standard InChI is InChI=1S/C15H20N6O/c1-4-9-17-15(16-2)18-10-13-19-14(21-20-13)11-5-7-12(22-3)8-6-11/h4-8H,1,9-10H2,2-3H3,(H2,16,17,18)(H,19,20,21). The van der Waals surface area contributed by atoms with Crippen LogP contribution < -0.4 is 15.4 Å². The SMILES string of the molecule is C=CCNC(=NC)NCc1nc(-c2ccc(OC)cc2)n[nH]1. The van der Waals surface area contributed by atoms with Crippen LogP contribution in [0.25, 0.3) is 11.4 Å². The molecule has 116 valence electrons. The van der Waals surface area contributed by atoms with Crippen LogP contribution in [0.5, 0.6) is 5.75 Å². The summed E-state index contributed by atoms with van der Waals surface area (Å²) in [5.41, 5.74) is 0.928. The number of aliphatic imine (C=N–C) groups is 1. The average Bonchev–Trinajstić information content (AvgIpc) is 3.04. The molecule has 0 radical (unpaired) electrons. The van der Waals surface area contributed by atoms with Crippen LogP contribution in [0.15, 0.2) is 41.9 Å². The molecule has 0 spiro atoms. The normalized spacial score (nSPS) is 11.1. The second-order valence-corrected chi connectivity index (χ2v) is 4.43. The van der Waals surface area contributed by atoms with Crippen molar-refractivity contribution in [1.29, 1.82) is 0 Å². The minimum atomic E-state index is 0.500. The molecule has 0 unspecified atom stereocenters. The highest BCUT2D eigenvalue weighted by molar-refractivity contribution is 5.79. The molecular weight excluding hydrogens is 280 g/mol. The Kier molecular flexibility index (Phi) is 5.53. The van der Waals surface area contributed by atoms with Crippen LogP contribution in [-0.2, 0) is 6.54 Å². The van der Waals surface area contributed by atoms with Crippen molar-refractivity contribution < 1.29 is 4.74 Å². The van der Waals surface area contributed by atoms with Crippen molar-refractivity contribution in [2.45, 2.75) is 6.54 Å². The maximum atomic E-state index is 5.13. The molecule has 0 aliphatic rings. The van der Waals surface area contributed by atoms with Gasteiger partial charge >= 0.3 is 0 Å². The molecule has 0 aliphatic carbocycles. The van der Waals surface area contributed by atoms with E-state index < -0.39 is 0 Å². The first-order chi connectivity index (χ1) is 10.8. The van der Waals surface area contributed by atoms with Gasteiger partial charge in [-0.05, 0) is 24.3 Å². The molecule has 3 N–H and O–H groups in total. The third kappa shape index (κ3) is 4.08. The number of guanidine groups is 1. The highest BCUT2D eigenvalue weighted by Gasteiger charge is 2.06. The maximum absolute atomic E-state index is 5.13. The molecule has 0 atom stereocenters. The van der Waals surface area contributed by atoms with E-state index in [1.165, 1.54) is 0 Å². The van der Waals surface area contributed by atoms with Gasteiger partial charge in [0.25, 0.3) is 0 Å². The molecule has 1 aromatic carbocycles. The number of hydrogen-bond acceptors (Lipinski definition) is 4. The number of aromatic nitrogens is 3. The Labute approximate surface area is 129 Å². The summed E-state index contributed by atoms with van der Waals surface area (Å²) in [6.45, 7) is 4.80. The fraction of sp³-hybridized carbons (Fsp3) is 0.267. The number of methoxy groups -OCH3 is 1. The maximum Gasteiger partial charge on any atom is 0.191 e. The van der Waals surface area contributed by atoms with Crippen LogP contribution in [-0.4, -0.2) is 41.8 Å². The first-order valence-corrected chi connectivity index (χ1v) is 6.88. The first kappa shape index (κ1) is 15.6. The Hall–Kier alpha value is -2.83. The van der Waals surface area contributed by atoms with Crippen molar-refractivity contribution in [1.82, 2.24) is 25.8 Å². The van der Waals surface area contributed by atoms with Gasteiger partial charge in [-0.1, -0.05) is 6.08 Å².